The van der Waals surface area contributed by atoms with E-state index in [1.54, 1.807) is 30.3 Å². The Hall–Kier alpha value is -2.41. The maximum Gasteiger partial charge on any atom is 0.351 e. The molecule has 27 heavy (non-hydrogen) atoms. The Bertz CT molecular complexity index is 683. The summed E-state index contributed by atoms with van der Waals surface area (Å²) >= 11 is 0. The van der Waals surface area contributed by atoms with Crippen LogP contribution < -0.4 is 0 Å². The third-order valence-corrected chi connectivity index (χ3v) is 4.60. The molecule has 7 heteroatoms. The molecule has 1 unspecified atom stereocenters. The Morgan fingerprint density at radius 1 is 1.07 bits per heavy atom. The van der Waals surface area contributed by atoms with E-state index >= 15 is 0 Å². The summed E-state index contributed by atoms with van der Waals surface area (Å²) in [5.74, 6) is -2.07. The zero-order valence-corrected chi connectivity index (χ0v) is 16.2. The summed E-state index contributed by atoms with van der Waals surface area (Å²) in [4.78, 5) is 37.3. The molecule has 1 aromatic carbocycles. The van der Waals surface area contributed by atoms with E-state index in [9.17, 15) is 14.4 Å². The minimum atomic E-state index is -1.50. The average Bonchev–Trinajstić information content (AvgIpc) is 2.65. The molecular formula is C20H26O7. The van der Waals surface area contributed by atoms with Crippen LogP contribution in [0.1, 0.15) is 51.2 Å². The van der Waals surface area contributed by atoms with E-state index in [2.05, 4.69) is 0 Å². The van der Waals surface area contributed by atoms with Crippen LogP contribution in [0.3, 0.4) is 0 Å². The highest BCUT2D eigenvalue weighted by Gasteiger charge is 2.51. The minimum absolute atomic E-state index is 0.283. The Balaban J connectivity index is 2.33. The Morgan fingerprint density at radius 3 is 2.30 bits per heavy atom. The van der Waals surface area contributed by atoms with E-state index in [1.165, 1.54) is 14.2 Å². The molecular weight excluding hydrogens is 352 g/mol. The van der Waals surface area contributed by atoms with E-state index < -0.39 is 35.2 Å². The molecule has 7 nitrogen and oxygen atoms in total. The zero-order valence-electron chi connectivity index (χ0n) is 16.2. The van der Waals surface area contributed by atoms with E-state index in [0.717, 1.165) is 6.42 Å². The number of esters is 3. The summed E-state index contributed by atoms with van der Waals surface area (Å²) in [7, 11) is 2.47. The first-order chi connectivity index (χ1) is 12.7. The Labute approximate surface area is 158 Å². The van der Waals surface area contributed by atoms with Crippen molar-refractivity contribution in [3.63, 3.8) is 0 Å². The lowest BCUT2D eigenvalue weighted by molar-refractivity contribution is -0.217. The standard InChI is InChI=1S/C20H26O7/c1-19(2)11-8-12-20(27-19,13-15(21)24-3)18(23)26-16(17(22)25-4)14-9-6-5-7-10-14/h5-7,9-10,16H,8,11-13H2,1-4H3/t16?,20-/m0/s1. The van der Waals surface area contributed by atoms with Gasteiger partial charge in [0.2, 0.25) is 6.10 Å². The van der Waals surface area contributed by atoms with E-state index in [1.807, 2.05) is 13.8 Å². The molecule has 1 heterocycles. The van der Waals surface area contributed by atoms with Crippen molar-refractivity contribution in [2.24, 2.45) is 0 Å². The first-order valence-corrected chi connectivity index (χ1v) is 8.84. The van der Waals surface area contributed by atoms with Crippen molar-refractivity contribution >= 4 is 17.9 Å². The number of carbonyl (C=O) groups excluding carboxylic acids is 3. The molecule has 0 bridgehead atoms. The summed E-state index contributed by atoms with van der Waals surface area (Å²) in [6, 6.07) is 8.55. The molecule has 2 rings (SSSR count). The highest BCUT2D eigenvalue weighted by Crippen LogP contribution is 2.39. The Kier molecular flexibility index (Phi) is 6.59. The molecule has 1 saturated heterocycles. The minimum Gasteiger partial charge on any atom is -0.469 e. The number of methoxy groups -OCH3 is 2. The monoisotopic (exact) mass is 378 g/mol. The lowest BCUT2D eigenvalue weighted by Gasteiger charge is -2.43. The predicted molar refractivity (Wildman–Crippen MR) is 95.7 cm³/mol. The van der Waals surface area contributed by atoms with Gasteiger partial charge >= 0.3 is 17.9 Å². The molecule has 1 aromatic rings. The number of ether oxygens (including phenoxy) is 4. The molecule has 148 valence electrons. The van der Waals surface area contributed by atoms with Gasteiger partial charge in [-0.15, -0.1) is 0 Å². The fourth-order valence-electron chi connectivity index (χ4n) is 3.28. The van der Waals surface area contributed by atoms with Gasteiger partial charge in [-0.05, 0) is 33.1 Å². The van der Waals surface area contributed by atoms with Crippen LogP contribution in [0.2, 0.25) is 0 Å². The van der Waals surface area contributed by atoms with Gasteiger partial charge in [-0.25, -0.2) is 9.59 Å². The molecule has 0 aliphatic carbocycles. The number of carbonyl (C=O) groups is 3. The van der Waals surface area contributed by atoms with Crippen LogP contribution in [0, 0.1) is 0 Å². The second-order valence-electron chi connectivity index (χ2n) is 7.18. The number of hydrogen-bond donors (Lipinski definition) is 0. The Morgan fingerprint density at radius 2 is 1.74 bits per heavy atom. The van der Waals surface area contributed by atoms with Crippen LogP contribution in [0.25, 0.3) is 0 Å². The largest absolute Gasteiger partial charge is 0.469 e. The van der Waals surface area contributed by atoms with Crippen molar-refractivity contribution in [3.8, 4) is 0 Å². The summed E-state index contributed by atoms with van der Waals surface area (Å²) in [5, 5.41) is 0. The quantitative estimate of drug-likeness (QED) is 0.555. The van der Waals surface area contributed by atoms with Crippen molar-refractivity contribution in [1.29, 1.82) is 0 Å². The van der Waals surface area contributed by atoms with Crippen LogP contribution >= 0.6 is 0 Å². The third kappa shape index (κ3) is 5.07. The normalized spacial score (nSPS) is 22.4. The zero-order chi connectivity index (χ0) is 20.1. The highest BCUT2D eigenvalue weighted by atomic mass is 16.6. The van der Waals surface area contributed by atoms with Crippen LogP contribution in [-0.2, 0) is 33.3 Å². The molecule has 1 aliphatic rings. The van der Waals surface area contributed by atoms with Crippen molar-refractivity contribution in [1.82, 2.24) is 0 Å². The molecule has 0 N–H and O–H groups in total. The molecule has 0 saturated carbocycles. The van der Waals surface area contributed by atoms with Gasteiger partial charge in [0.25, 0.3) is 0 Å². The van der Waals surface area contributed by atoms with E-state index in [0.29, 0.717) is 18.4 Å². The maximum atomic E-state index is 13.1. The van der Waals surface area contributed by atoms with Gasteiger partial charge < -0.3 is 18.9 Å². The summed E-state index contributed by atoms with van der Waals surface area (Å²) in [6.45, 7) is 3.70. The predicted octanol–water partition coefficient (Wildman–Crippen LogP) is 2.72. The van der Waals surface area contributed by atoms with Gasteiger partial charge in [-0.1, -0.05) is 30.3 Å². The SMILES string of the molecule is COC(=O)C[C@]1(C(=O)OC(C(=O)OC)c2ccccc2)CCCC(C)(C)O1. The second kappa shape index (κ2) is 8.52. The summed E-state index contributed by atoms with van der Waals surface area (Å²) < 4.78 is 21.1. The number of benzene rings is 1. The van der Waals surface area contributed by atoms with Crippen LogP contribution in [0.5, 0.6) is 0 Å². The van der Waals surface area contributed by atoms with Crippen molar-refractivity contribution in [2.45, 2.75) is 56.8 Å². The van der Waals surface area contributed by atoms with Gasteiger partial charge in [0, 0.05) is 5.56 Å². The van der Waals surface area contributed by atoms with Gasteiger partial charge in [0.15, 0.2) is 5.60 Å². The average molecular weight is 378 g/mol. The van der Waals surface area contributed by atoms with Crippen LogP contribution in [0.15, 0.2) is 30.3 Å². The molecule has 1 fully saturated rings. The molecule has 1 aliphatic heterocycles. The summed E-state index contributed by atoms with van der Waals surface area (Å²) in [5.41, 5.74) is -1.64. The summed E-state index contributed by atoms with van der Waals surface area (Å²) in [6.07, 6.45) is 0.184. The molecule has 0 spiro atoms. The van der Waals surface area contributed by atoms with Crippen molar-refractivity contribution in [2.75, 3.05) is 14.2 Å². The smallest absolute Gasteiger partial charge is 0.351 e. The first-order valence-electron chi connectivity index (χ1n) is 8.84. The fourth-order valence-corrected chi connectivity index (χ4v) is 3.28. The van der Waals surface area contributed by atoms with Gasteiger partial charge in [-0.2, -0.15) is 0 Å². The van der Waals surface area contributed by atoms with E-state index in [4.69, 9.17) is 18.9 Å². The first kappa shape index (κ1) is 20.9. The second-order valence-corrected chi connectivity index (χ2v) is 7.18. The van der Waals surface area contributed by atoms with Gasteiger partial charge in [-0.3, -0.25) is 4.79 Å². The molecule has 0 aromatic heterocycles. The maximum absolute atomic E-state index is 13.1. The highest BCUT2D eigenvalue weighted by molar-refractivity contribution is 5.88. The van der Waals surface area contributed by atoms with Crippen LogP contribution in [0.4, 0.5) is 0 Å². The van der Waals surface area contributed by atoms with Gasteiger partial charge in [0.05, 0.1) is 26.2 Å². The topological polar surface area (TPSA) is 88.1 Å². The molecule has 0 radical (unpaired) electrons. The lowest BCUT2D eigenvalue weighted by atomic mass is 9.84. The molecule has 0 amide bonds. The van der Waals surface area contributed by atoms with Crippen molar-refractivity contribution in [3.05, 3.63) is 35.9 Å². The third-order valence-electron chi connectivity index (χ3n) is 4.60. The van der Waals surface area contributed by atoms with Crippen LogP contribution in [-0.4, -0.2) is 43.3 Å². The fraction of sp³-hybridized carbons (Fsp3) is 0.550. The lowest BCUT2D eigenvalue weighted by Crippen LogP contribution is -2.53. The van der Waals surface area contributed by atoms with Crippen molar-refractivity contribution < 1.29 is 33.3 Å². The van der Waals surface area contributed by atoms with Gasteiger partial charge in [0.1, 0.15) is 0 Å². The number of hydrogen-bond acceptors (Lipinski definition) is 7. The molecule has 2 atom stereocenters. The van der Waals surface area contributed by atoms with E-state index in [-0.39, 0.29) is 6.42 Å². The number of rotatable bonds is 6.